The van der Waals surface area contributed by atoms with Crippen LogP contribution in [0.3, 0.4) is 0 Å². The fourth-order valence-electron chi connectivity index (χ4n) is 3.98. The average molecular weight is 535 g/mol. The molecule has 162 valence electrons. The van der Waals surface area contributed by atoms with Gasteiger partial charge >= 0.3 is 0 Å². The normalized spacial score (nSPS) is 18.9. The third-order valence-electron chi connectivity index (χ3n) is 5.99. The van der Waals surface area contributed by atoms with E-state index in [9.17, 15) is 4.79 Å². The molecule has 29 heavy (non-hydrogen) atoms. The molecule has 1 heterocycles. The average Bonchev–Trinajstić information content (AvgIpc) is 2.67. The van der Waals surface area contributed by atoms with Crippen molar-refractivity contribution >= 4 is 47.4 Å². The fourth-order valence-corrected chi connectivity index (χ4v) is 4.10. The molecule has 3 rings (SSSR count). The molecule has 0 radical (unpaired) electrons. The Morgan fingerprint density at radius 1 is 1.28 bits per heavy atom. The Kier molecular flexibility index (Phi) is 9.49. The SMILES string of the molecule is CN=C(NCC1(CCOC)CCC1)N1CCN(Cc2ccc(Cl)cc2)C(=O)C1.I. The van der Waals surface area contributed by atoms with Crippen molar-refractivity contribution in [3.8, 4) is 0 Å². The second-order valence-corrected chi connectivity index (χ2v) is 8.30. The molecule has 2 aliphatic rings. The zero-order valence-corrected chi connectivity index (χ0v) is 20.4. The van der Waals surface area contributed by atoms with Gasteiger partial charge in [0, 0.05) is 52.0 Å². The standard InChI is InChI=1S/C21H31ClN4O2.HI/c1-23-20(24-16-21(8-3-9-21)10-13-28-2)26-12-11-25(19(27)15-26)14-17-4-6-18(22)7-5-17;/h4-7H,3,8-16H2,1-2H3,(H,23,24);1H. The Bertz CT molecular complexity index is 694. The first-order valence-electron chi connectivity index (χ1n) is 10.0. The number of carbonyl (C=O) groups is 1. The van der Waals surface area contributed by atoms with Crippen LogP contribution in [0.15, 0.2) is 29.3 Å². The summed E-state index contributed by atoms with van der Waals surface area (Å²) in [6.07, 6.45) is 4.81. The van der Waals surface area contributed by atoms with E-state index in [-0.39, 0.29) is 29.9 Å². The molecular weight excluding hydrogens is 503 g/mol. The second kappa shape index (κ2) is 11.4. The van der Waals surface area contributed by atoms with Gasteiger partial charge in [-0.2, -0.15) is 0 Å². The lowest BCUT2D eigenvalue weighted by Gasteiger charge is -2.43. The van der Waals surface area contributed by atoms with Gasteiger partial charge in [0.1, 0.15) is 0 Å². The van der Waals surface area contributed by atoms with Crippen LogP contribution in [-0.2, 0) is 16.1 Å². The number of ether oxygens (including phenoxy) is 1. The van der Waals surface area contributed by atoms with Crippen LogP contribution >= 0.6 is 35.6 Å². The molecule has 0 spiro atoms. The molecule has 1 aromatic rings. The quantitative estimate of drug-likeness (QED) is 0.331. The highest BCUT2D eigenvalue weighted by Gasteiger charge is 2.37. The first-order chi connectivity index (χ1) is 13.5. The summed E-state index contributed by atoms with van der Waals surface area (Å²) in [5.41, 5.74) is 1.41. The molecular formula is C21H32ClIN4O2. The summed E-state index contributed by atoms with van der Waals surface area (Å²) in [5, 5.41) is 4.23. The van der Waals surface area contributed by atoms with Crippen molar-refractivity contribution in [1.82, 2.24) is 15.1 Å². The van der Waals surface area contributed by atoms with Gasteiger partial charge in [-0.15, -0.1) is 24.0 Å². The molecule has 0 unspecified atom stereocenters. The smallest absolute Gasteiger partial charge is 0.242 e. The van der Waals surface area contributed by atoms with Crippen molar-refractivity contribution in [3.63, 3.8) is 0 Å². The lowest BCUT2D eigenvalue weighted by atomic mass is 9.67. The van der Waals surface area contributed by atoms with Crippen molar-refractivity contribution < 1.29 is 9.53 Å². The Hall–Kier alpha value is -1.06. The molecule has 1 aliphatic carbocycles. The van der Waals surface area contributed by atoms with Gasteiger partial charge in [0.2, 0.25) is 5.91 Å². The van der Waals surface area contributed by atoms with E-state index in [0.717, 1.165) is 37.6 Å². The summed E-state index contributed by atoms with van der Waals surface area (Å²) >= 11 is 5.94. The maximum atomic E-state index is 12.7. The van der Waals surface area contributed by atoms with Crippen molar-refractivity contribution in [3.05, 3.63) is 34.9 Å². The van der Waals surface area contributed by atoms with E-state index >= 15 is 0 Å². The van der Waals surface area contributed by atoms with Crippen LogP contribution in [0.1, 0.15) is 31.2 Å². The second-order valence-electron chi connectivity index (χ2n) is 7.86. The van der Waals surface area contributed by atoms with Crippen molar-refractivity contribution in [1.29, 1.82) is 0 Å². The maximum absolute atomic E-state index is 12.7. The minimum atomic E-state index is 0. The van der Waals surface area contributed by atoms with Gasteiger partial charge in [-0.3, -0.25) is 9.79 Å². The number of benzene rings is 1. The van der Waals surface area contributed by atoms with Crippen LogP contribution in [0.2, 0.25) is 5.02 Å². The van der Waals surface area contributed by atoms with E-state index in [1.54, 1.807) is 14.2 Å². The molecule has 1 aromatic carbocycles. The Morgan fingerprint density at radius 2 is 2.00 bits per heavy atom. The van der Waals surface area contributed by atoms with E-state index < -0.39 is 0 Å². The van der Waals surface area contributed by atoms with Crippen molar-refractivity contribution in [2.75, 3.05) is 46.9 Å². The van der Waals surface area contributed by atoms with Gasteiger partial charge in [0.25, 0.3) is 0 Å². The van der Waals surface area contributed by atoms with Gasteiger partial charge in [0.15, 0.2) is 5.96 Å². The first-order valence-corrected chi connectivity index (χ1v) is 10.4. The number of hydrogen-bond donors (Lipinski definition) is 1. The van der Waals surface area contributed by atoms with E-state index in [1.165, 1.54) is 19.3 Å². The minimum absolute atomic E-state index is 0. The molecule has 0 aromatic heterocycles. The Morgan fingerprint density at radius 3 is 2.55 bits per heavy atom. The molecule has 0 bridgehead atoms. The van der Waals surface area contributed by atoms with Crippen molar-refractivity contribution in [2.45, 2.75) is 32.2 Å². The predicted octanol–water partition coefficient (Wildman–Crippen LogP) is 3.38. The van der Waals surface area contributed by atoms with Gasteiger partial charge in [0.05, 0.1) is 6.54 Å². The van der Waals surface area contributed by atoms with E-state index in [0.29, 0.717) is 30.1 Å². The highest BCUT2D eigenvalue weighted by atomic mass is 127. The number of nitrogens with one attached hydrogen (secondary N) is 1. The van der Waals surface area contributed by atoms with Crippen LogP contribution in [0.25, 0.3) is 0 Å². The van der Waals surface area contributed by atoms with Crippen LogP contribution in [0.5, 0.6) is 0 Å². The summed E-state index contributed by atoms with van der Waals surface area (Å²) in [6.45, 7) is 4.14. The van der Waals surface area contributed by atoms with Crippen LogP contribution < -0.4 is 5.32 Å². The Balaban J connectivity index is 0.00000300. The molecule has 1 N–H and O–H groups in total. The summed E-state index contributed by atoms with van der Waals surface area (Å²) in [6, 6.07) is 7.67. The number of aliphatic imine (C=N–C) groups is 1. The number of rotatable bonds is 7. The summed E-state index contributed by atoms with van der Waals surface area (Å²) in [5.74, 6) is 0.949. The first kappa shape index (κ1) is 24.2. The van der Waals surface area contributed by atoms with E-state index in [4.69, 9.17) is 16.3 Å². The summed E-state index contributed by atoms with van der Waals surface area (Å²) in [4.78, 5) is 21.0. The van der Waals surface area contributed by atoms with Crippen LogP contribution in [0, 0.1) is 5.41 Å². The number of amides is 1. The number of guanidine groups is 1. The van der Waals surface area contributed by atoms with Gasteiger partial charge in [-0.1, -0.05) is 30.2 Å². The van der Waals surface area contributed by atoms with Gasteiger partial charge < -0.3 is 19.9 Å². The lowest BCUT2D eigenvalue weighted by molar-refractivity contribution is -0.135. The Labute approximate surface area is 196 Å². The third-order valence-corrected chi connectivity index (χ3v) is 6.24. The predicted molar refractivity (Wildman–Crippen MR) is 128 cm³/mol. The maximum Gasteiger partial charge on any atom is 0.242 e. The number of nitrogens with zero attached hydrogens (tertiary/aromatic N) is 3. The highest BCUT2D eigenvalue weighted by Crippen LogP contribution is 2.43. The van der Waals surface area contributed by atoms with E-state index in [2.05, 4.69) is 15.2 Å². The number of halogens is 2. The number of piperazine rings is 1. The van der Waals surface area contributed by atoms with Crippen LogP contribution in [-0.4, -0.2) is 68.6 Å². The van der Waals surface area contributed by atoms with Gasteiger partial charge in [-0.05, 0) is 42.4 Å². The fraction of sp³-hybridized carbons (Fsp3) is 0.619. The monoisotopic (exact) mass is 534 g/mol. The third kappa shape index (κ3) is 6.46. The number of carbonyl (C=O) groups excluding carboxylic acids is 1. The molecule has 1 saturated heterocycles. The summed E-state index contributed by atoms with van der Waals surface area (Å²) in [7, 11) is 3.54. The van der Waals surface area contributed by atoms with Crippen LogP contribution in [0.4, 0.5) is 0 Å². The molecule has 1 amide bonds. The summed E-state index contributed by atoms with van der Waals surface area (Å²) < 4.78 is 5.28. The lowest BCUT2D eigenvalue weighted by Crippen LogP contribution is -2.56. The minimum Gasteiger partial charge on any atom is -0.385 e. The zero-order valence-electron chi connectivity index (χ0n) is 17.3. The number of methoxy groups -OCH3 is 1. The zero-order chi connectivity index (χ0) is 20.0. The van der Waals surface area contributed by atoms with E-state index in [1.807, 2.05) is 29.2 Å². The largest absolute Gasteiger partial charge is 0.385 e. The number of hydrogen-bond acceptors (Lipinski definition) is 3. The topological polar surface area (TPSA) is 57.2 Å². The molecule has 0 atom stereocenters. The molecule has 1 saturated carbocycles. The van der Waals surface area contributed by atoms with Gasteiger partial charge in [-0.25, -0.2) is 0 Å². The molecule has 1 aliphatic heterocycles. The molecule has 2 fully saturated rings. The highest BCUT2D eigenvalue weighted by molar-refractivity contribution is 14.0. The molecule has 6 nitrogen and oxygen atoms in total. The van der Waals surface area contributed by atoms with Crippen molar-refractivity contribution in [2.24, 2.45) is 10.4 Å². The molecule has 8 heteroatoms.